The van der Waals surface area contributed by atoms with Crippen LogP contribution in [-0.2, 0) is 0 Å². The second-order valence-corrected chi connectivity index (χ2v) is 19.6. The van der Waals surface area contributed by atoms with Crippen LogP contribution in [0.5, 0.6) is 0 Å². The van der Waals surface area contributed by atoms with Gasteiger partial charge in [-0.1, -0.05) is 0 Å². The molecule has 0 saturated carbocycles. The summed E-state index contributed by atoms with van der Waals surface area (Å²) in [6.07, 6.45) is 12.0. The Hall–Kier alpha value is -0.311. The molecule has 0 bridgehead atoms. The molecule has 1 heterocycles. The molecule has 21 heavy (non-hydrogen) atoms. The van der Waals surface area contributed by atoms with Crippen molar-refractivity contribution in [2.45, 2.75) is 72.6 Å². The molecular weight excluding hydrogens is 361 g/mol. The van der Waals surface area contributed by atoms with Crippen LogP contribution < -0.4 is 0 Å². The van der Waals surface area contributed by atoms with Gasteiger partial charge < -0.3 is 0 Å². The molecule has 0 aliphatic rings. The SMILES string of the molecule is C=[C](c1cccnc1)[Sn]([CH2]CCC)([CH2]CCC)[CH2]CCC. The van der Waals surface area contributed by atoms with Gasteiger partial charge in [0.2, 0.25) is 0 Å². The van der Waals surface area contributed by atoms with Crippen molar-refractivity contribution in [1.82, 2.24) is 4.98 Å². The Balaban J connectivity index is 3.02. The van der Waals surface area contributed by atoms with E-state index in [0.29, 0.717) is 0 Å². The summed E-state index contributed by atoms with van der Waals surface area (Å²) in [6, 6.07) is 4.29. The van der Waals surface area contributed by atoms with Crippen molar-refractivity contribution in [3.63, 3.8) is 0 Å². The molecule has 0 unspecified atom stereocenters. The van der Waals surface area contributed by atoms with Crippen LogP contribution in [0.15, 0.2) is 31.1 Å². The molecule has 0 radical (unpaired) electrons. The molecule has 2 heteroatoms. The zero-order valence-corrected chi connectivity index (χ0v) is 17.2. The van der Waals surface area contributed by atoms with E-state index < -0.39 is 18.4 Å². The van der Waals surface area contributed by atoms with Crippen molar-refractivity contribution in [3.05, 3.63) is 36.7 Å². The van der Waals surface area contributed by atoms with E-state index in [1.165, 1.54) is 61.0 Å². The monoisotopic (exact) mass is 395 g/mol. The van der Waals surface area contributed by atoms with Gasteiger partial charge in [0.05, 0.1) is 0 Å². The topological polar surface area (TPSA) is 12.9 Å². The van der Waals surface area contributed by atoms with Gasteiger partial charge in [0.25, 0.3) is 0 Å². The van der Waals surface area contributed by atoms with Gasteiger partial charge in [-0.25, -0.2) is 0 Å². The third kappa shape index (κ3) is 5.77. The summed E-state index contributed by atoms with van der Waals surface area (Å²) < 4.78 is 5.99. The van der Waals surface area contributed by atoms with Crippen LogP contribution >= 0.6 is 0 Å². The van der Waals surface area contributed by atoms with E-state index in [2.05, 4.69) is 44.5 Å². The summed E-state index contributed by atoms with van der Waals surface area (Å²) in [7, 11) is 0. The first-order valence-corrected chi connectivity index (χ1v) is 16.3. The molecule has 1 rings (SSSR count). The van der Waals surface area contributed by atoms with Gasteiger partial charge in [0.1, 0.15) is 0 Å². The maximum absolute atomic E-state index is 4.61. The molecule has 0 saturated heterocycles. The molecule has 1 aromatic heterocycles. The van der Waals surface area contributed by atoms with Gasteiger partial charge in [-0.05, 0) is 0 Å². The standard InChI is InChI=1S/C7H6N.3C4H9.Sn/c1-2-7-4-3-5-8-6-7;3*1-3-4-2;/h3-6H,1H2;3*1,3-4H2,2H3;. The van der Waals surface area contributed by atoms with Gasteiger partial charge in [0.15, 0.2) is 0 Å². The zero-order valence-electron chi connectivity index (χ0n) is 14.3. The first kappa shape index (κ1) is 18.7. The van der Waals surface area contributed by atoms with Crippen LogP contribution in [0, 0.1) is 0 Å². The molecule has 0 amide bonds. The van der Waals surface area contributed by atoms with Crippen molar-refractivity contribution in [2.75, 3.05) is 0 Å². The molecular formula is C19H33NSn. The van der Waals surface area contributed by atoms with Gasteiger partial charge in [-0.2, -0.15) is 0 Å². The van der Waals surface area contributed by atoms with Gasteiger partial charge in [0, 0.05) is 0 Å². The maximum atomic E-state index is 4.61. The zero-order chi connectivity index (χ0) is 15.6. The minimum absolute atomic E-state index is 1.32. The van der Waals surface area contributed by atoms with Crippen molar-refractivity contribution >= 4 is 22.0 Å². The molecule has 0 aliphatic carbocycles. The second-order valence-electron chi connectivity index (χ2n) is 6.31. The minimum atomic E-state index is -2.32. The summed E-state index contributed by atoms with van der Waals surface area (Å²) in [4.78, 5) is 4.33. The third-order valence-electron chi connectivity index (χ3n) is 4.68. The molecule has 0 spiro atoms. The van der Waals surface area contributed by atoms with E-state index in [1.807, 2.05) is 12.4 Å². The Morgan fingerprint density at radius 2 is 1.52 bits per heavy atom. The molecule has 0 fully saturated rings. The summed E-state index contributed by atoms with van der Waals surface area (Å²) in [6.45, 7) is 11.6. The fourth-order valence-corrected chi connectivity index (χ4v) is 18.9. The van der Waals surface area contributed by atoms with E-state index >= 15 is 0 Å². The van der Waals surface area contributed by atoms with E-state index in [0.717, 1.165) is 0 Å². The van der Waals surface area contributed by atoms with Crippen molar-refractivity contribution in [1.29, 1.82) is 0 Å². The summed E-state index contributed by atoms with van der Waals surface area (Å²) in [5.41, 5.74) is 1.33. The normalized spacial score (nSPS) is 11.6. The molecule has 0 atom stereocenters. The first-order valence-electron chi connectivity index (χ1n) is 8.80. The van der Waals surface area contributed by atoms with Crippen molar-refractivity contribution < 1.29 is 0 Å². The Bertz CT molecular complexity index is 378. The molecule has 0 aromatic carbocycles. The fraction of sp³-hybridized carbons (Fsp3) is 0.632. The Kier molecular flexibility index (Phi) is 9.30. The predicted octanol–water partition coefficient (Wildman–Crippen LogP) is 6.48. The number of rotatable bonds is 11. The average molecular weight is 394 g/mol. The molecule has 1 aromatic rings. The van der Waals surface area contributed by atoms with Gasteiger partial charge in [-0.15, -0.1) is 0 Å². The van der Waals surface area contributed by atoms with Crippen LogP contribution in [0.3, 0.4) is 0 Å². The number of aromatic nitrogens is 1. The first-order chi connectivity index (χ1) is 10.2. The van der Waals surface area contributed by atoms with Crippen LogP contribution in [0.4, 0.5) is 0 Å². The Morgan fingerprint density at radius 3 is 1.90 bits per heavy atom. The number of hydrogen-bond donors (Lipinski definition) is 0. The van der Waals surface area contributed by atoms with E-state index in [1.54, 1.807) is 0 Å². The number of unbranched alkanes of at least 4 members (excludes halogenated alkanes) is 3. The molecule has 118 valence electrons. The average Bonchev–Trinajstić information content (AvgIpc) is 2.55. The molecule has 0 N–H and O–H groups in total. The van der Waals surface area contributed by atoms with E-state index in [-0.39, 0.29) is 0 Å². The van der Waals surface area contributed by atoms with Gasteiger partial charge in [-0.3, -0.25) is 0 Å². The Labute approximate surface area is 136 Å². The predicted molar refractivity (Wildman–Crippen MR) is 98.2 cm³/mol. The molecule has 0 aliphatic heterocycles. The summed E-state index contributed by atoms with van der Waals surface area (Å²) >= 11 is -2.32. The summed E-state index contributed by atoms with van der Waals surface area (Å²) in [5.74, 6) is 0. The van der Waals surface area contributed by atoms with E-state index in [9.17, 15) is 0 Å². The van der Waals surface area contributed by atoms with Gasteiger partial charge >= 0.3 is 136 Å². The number of hydrogen-bond acceptors (Lipinski definition) is 1. The number of nitrogens with zero attached hydrogens (tertiary/aromatic N) is 1. The van der Waals surface area contributed by atoms with Crippen LogP contribution in [0.1, 0.15) is 64.9 Å². The van der Waals surface area contributed by atoms with Crippen molar-refractivity contribution in [3.8, 4) is 0 Å². The summed E-state index contributed by atoms with van der Waals surface area (Å²) in [5, 5.41) is 0. The second kappa shape index (κ2) is 10.4. The Morgan fingerprint density at radius 1 is 1.00 bits per heavy atom. The van der Waals surface area contributed by atoms with Crippen LogP contribution in [0.25, 0.3) is 3.59 Å². The van der Waals surface area contributed by atoms with E-state index in [4.69, 9.17) is 0 Å². The number of pyridine rings is 1. The fourth-order valence-electron chi connectivity index (χ4n) is 3.22. The third-order valence-corrected chi connectivity index (χ3v) is 20.4. The van der Waals surface area contributed by atoms with Crippen molar-refractivity contribution in [2.24, 2.45) is 0 Å². The van der Waals surface area contributed by atoms with Crippen LogP contribution in [0.2, 0.25) is 13.3 Å². The molecule has 1 nitrogen and oxygen atoms in total. The quantitative estimate of drug-likeness (QED) is 0.392. The van der Waals surface area contributed by atoms with Crippen LogP contribution in [-0.4, -0.2) is 23.4 Å².